The molecule has 7 N–H and O–H groups in total. The van der Waals surface area contributed by atoms with Crippen LogP contribution in [0, 0.1) is 11.8 Å². The van der Waals surface area contributed by atoms with Crippen LogP contribution >= 0.6 is 0 Å². The summed E-state index contributed by atoms with van der Waals surface area (Å²) < 4.78 is 0. The summed E-state index contributed by atoms with van der Waals surface area (Å²) >= 11 is 0. The maximum atomic E-state index is 12.2. The maximum Gasteiger partial charge on any atom is 0.451 e. The Morgan fingerprint density at radius 2 is 2.09 bits per heavy atom. The first kappa shape index (κ1) is 19.9. The zero-order chi connectivity index (χ0) is 17.6. The summed E-state index contributed by atoms with van der Waals surface area (Å²) in [5, 5.41) is 32.9. The fourth-order valence-electron chi connectivity index (χ4n) is 2.91. The summed E-state index contributed by atoms with van der Waals surface area (Å²) in [6, 6.07) is -1.70. The van der Waals surface area contributed by atoms with E-state index in [1.165, 1.54) is 0 Å². The highest BCUT2D eigenvalue weighted by molar-refractivity contribution is 6.40. The molecule has 0 spiro atoms. The van der Waals surface area contributed by atoms with Gasteiger partial charge in [0, 0.05) is 18.5 Å². The van der Waals surface area contributed by atoms with E-state index in [1.54, 1.807) is 0 Å². The highest BCUT2D eigenvalue weighted by atomic mass is 16.4. The van der Waals surface area contributed by atoms with E-state index < -0.39 is 25.2 Å². The van der Waals surface area contributed by atoms with Crippen LogP contribution in [0.25, 0.3) is 0 Å². The molecule has 1 rings (SSSR count). The van der Waals surface area contributed by atoms with Crippen LogP contribution in [-0.2, 0) is 9.59 Å². The van der Waals surface area contributed by atoms with Crippen molar-refractivity contribution in [3.8, 4) is 0 Å². The lowest BCUT2D eigenvalue weighted by atomic mass is 9.80. The molecular weight excluding hydrogens is 301 g/mol. The molecule has 0 aromatic heterocycles. The van der Waals surface area contributed by atoms with Crippen LogP contribution in [-0.4, -0.2) is 58.8 Å². The van der Waals surface area contributed by atoms with Crippen LogP contribution in [0.3, 0.4) is 0 Å². The molecule has 1 aliphatic heterocycles. The lowest BCUT2D eigenvalue weighted by molar-refractivity contribution is -0.140. The number of nitrogens with two attached hydrogens (primary N) is 1. The van der Waals surface area contributed by atoms with Crippen molar-refractivity contribution in [1.29, 1.82) is 0 Å². The second kappa shape index (κ2) is 9.22. The van der Waals surface area contributed by atoms with Crippen LogP contribution in [0.4, 0.5) is 0 Å². The van der Waals surface area contributed by atoms with E-state index in [0.717, 1.165) is 6.42 Å². The number of rotatable bonds is 9. The van der Waals surface area contributed by atoms with E-state index >= 15 is 0 Å². The van der Waals surface area contributed by atoms with E-state index in [-0.39, 0.29) is 30.1 Å². The summed E-state index contributed by atoms with van der Waals surface area (Å²) in [5.41, 5.74) is 5.91. The third-order valence-corrected chi connectivity index (χ3v) is 4.66. The largest absolute Gasteiger partial charge is 0.480 e. The zero-order valence-electron chi connectivity index (χ0n) is 13.7. The van der Waals surface area contributed by atoms with E-state index in [2.05, 4.69) is 10.6 Å². The predicted octanol–water partition coefficient (Wildman–Crippen LogP) is -1.23. The van der Waals surface area contributed by atoms with Gasteiger partial charge in [-0.2, -0.15) is 0 Å². The monoisotopic (exact) mass is 329 g/mol. The third kappa shape index (κ3) is 5.76. The van der Waals surface area contributed by atoms with Gasteiger partial charge in [-0.1, -0.05) is 26.7 Å². The van der Waals surface area contributed by atoms with Gasteiger partial charge in [-0.3, -0.25) is 9.59 Å². The second-order valence-electron chi connectivity index (χ2n) is 6.33. The van der Waals surface area contributed by atoms with Crippen LogP contribution in [0.2, 0.25) is 6.32 Å². The molecule has 8 nitrogen and oxygen atoms in total. The van der Waals surface area contributed by atoms with Gasteiger partial charge < -0.3 is 31.5 Å². The molecule has 0 unspecified atom stereocenters. The zero-order valence-corrected chi connectivity index (χ0v) is 13.7. The minimum absolute atomic E-state index is 0.0441. The van der Waals surface area contributed by atoms with E-state index in [4.69, 9.17) is 15.8 Å². The molecule has 0 aliphatic carbocycles. The number of nitrogens with one attached hydrogen (secondary N) is 2. The van der Waals surface area contributed by atoms with Gasteiger partial charge in [0.1, 0.15) is 6.04 Å². The summed E-state index contributed by atoms with van der Waals surface area (Å²) in [5.74, 6) is -1.51. The van der Waals surface area contributed by atoms with Gasteiger partial charge in [0.05, 0.1) is 6.04 Å². The Hall–Kier alpha value is -1.16. The van der Waals surface area contributed by atoms with E-state index in [1.807, 2.05) is 13.8 Å². The molecule has 1 aliphatic rings. The Labute approximate surface area is 137 Å². The fourth-order valence-corrected chi connectivity index (χ4v) is 2.91. The van der Waals surface area contributed by atoms with Crippen molar-refractivity contribution in [3.63, 3.8) is 0 Å². The first-order valence-electron chi connectivity index (χ1n) is 8.16. The lowest BCUT2D eigenvalue weighted by Gasteiger charge is -2.25. The number of carbonyl (C=O) groups excluding carboxylic acids is 1. The van der Waals surface area contributed by atoms with Crippen molar-refractivity contribution >= 4 is 19.0 Å². The number of carbonyl (C=O) groups is 2. The molecule has 1 fully saturated rings. The molecule has 0 saturated carbocycles. The molecule has 1 heterocycles. The fraction of sp³-hybridized carbons (Fsp3) is 0.857. The summed E-state index contributed by atoms with van der Waals surface area (Å²) in [6.45, 7) is 4.22. The molecular formula is C14H28BN3O5. The van der Waals surface area contributed by atoms with Crippen molar-refractivity contribution in [2.45, 2.75) is 57.6 Å². The van der Waals surface area contributed by atoms with Crippen LogP contribution < -0.4 is 16.4 Å². The van der Waals surface area contributed by atoms with Gasteiger partial charge in [-0.05, 0) is 18.7 Å². The highest BCUT2D eigenvalue weighted by Gasteiger charge is 2.41. The molecule has 0 aromatic carbocycles. The number of aliphatic carboxylic acids is 1. The van der Waals surface area contributed by atoms with Gasteiger partial charge >= 0.3 is 13.1 Å². The molecule has 1 amide bonds. The van der Waals surface area contributed by atoms with E-state index in [9.17, 15) is 14.7 Å². The molecule has 5 atom stereocenters. The molecule has 0 bridgehead atoms. The second-order valence-corrected chi connectivity index (χ2v) is 6.33. The van der Waals surface area contributed by atoms with Gasteiger partial charge in [0.25, 0.3) is 0 Å². The Morgan fingerprint density at radius 3 is 2.61 bits per heavy atom. The normalized spacial score (nSPS) is 26.6. The third-order valence-electron chi connectivity index (χ3n) is 4.66. The van der Waals surface area contributed by atoms with Gasteiger partial charge in [0.15, 0.2) is 0 Å². The number of hydrogen-bond acceptors (Lipinski definition) is 6. The topological polar surface area (TPSA) is 145 Å². The average molecular weight is 329 g/mol. The summed E-state index contributed by atoms with van der Waals surface area (Å²) in [7, 11) is -1.40. The van der Waals surface area contributed by atoms with Crippen molar-refractivity contribution in [1.82, 2.24) is 10.6 Å². The Bertz CT molecular complexity index is 410. The Morgan fingerprint density at radius 1 is 1.43 bits per heavy atom. The van der Waals surface area contributed by atoms with Gasteiger partial charge in [-0.25, -0.2) is 0 Å². The summed E-state index contributed by atoms with van der Waals surface area (Å²) in [6.07, 6.45) is 1.91. The van der Waals surface area contributed by atoms with Gasteiger partial charge in [-0.15, -0.1) is 0 Å². The first-order chi connectivity index (χ1) is 10.8. The molecule has 0 aromatic rings. The van der Waals surface area contributed by atoms with Crippen molar-refractivity contribution in [2.24, 2.45) is 17.6 Å². The standard InChI is InChI=1S/C14H28BN3O5/c1-3-8(2)11(16)13(19)18-10-7-17-12(14(20)21)9(10)5-4-6-15(22)23/h8-12,17,22-23H,3-7,16H2,1-2H3,(H,18,19)(H,20,21)/t8-,9+,10-,11-,12-/m0/s1. The minimum Gasteiger partial charge on any atom is -0.480 e. The van der Waals surface area contributed by atoms with Crippen molar-refractivity contribution in [3.05, 3.63) is 0 Å². The number of hydrogen-bond donors (Lipinski definition) is 6. The smallest absolute Gasteiger partial charge is 0.451 e. The van der Waals surface area contributed by atoms with Crippen LogP contribution in [0.5, 0.6) is 0 Å². The number of carboxylic acids is 1. The molecule has 132 valence electrons. The predicted molar refractivity (Wildman–Crippen MR) is 86.5 cm³/mol. The SMILES string of the molecule is CC[C@H](C)[C@H](N)C(=O)N[C@H]1CN[C@H](C(=O)O)[C@@H]1CCCB(O)O. The molecule has 1 saturated heterocycles. The van der Waals surface area contributed by atoms with Gasteiger partial charge in [0.2, 0.25) is 5.91 Å². The quantitative estimate of drug-likeness (QED) is 0.291. The Balaban J connectivity index is 2.67. The number of amides is 1. The molecule has 0 radical (unpaired) electrons. The maximum absolute atomic E-state index is 12.2. The van der Waals surface area contributed by atoms with Crippen molar-refractivity contribution in [2.75, 3.05) is 6.54 Å². The van der Waals surface area contributed by atoms with Crippen LogP contribution in [0.1, 0.15) is 33.1 Å². The number of carboxylic acid groups (broad SMARTS) is 1. The highest BCUT2D eigenvalue weighted by Crippen LogP contribution is 2.23. The van der Waals surface area contributed by atoms with Crippen LogP contribution in [0.15, 0.2) is 0 Å². The first-order valence-corrected chi connectivity index (χ1v) is 8.16. The summed E-state index contributed by atoms with van der Waals surface area (Å²) in [4.78, 5) is 23.5. The molecule has 23 heavy (non-hydrogen) atoms. The average Bonchev–Trinajstić information content (AvgIpc) is 2.88. The van der Waals surface area contributed by atoms with Crippen molar-refractivity contribution < 1.29 is 24.7 Å². The molecule has 9 heteroatoms. The minimum atomic E-state index is -1.40. The van der Waals surface area contributed by atoms with E-state index in [0.29, 0.717) is 19.4 Å². The lowest BCUT2D eigenvalue weighted by Crippen LogP contribution is -2.51. The Kier molecular flexibility index (Phi) is 7.97.